The quantitative estimate of drug-likeness (QED) is 0.809. The van der Waals surface area contributed by atoms with Crippen LogP contribution in [0.4, 0.5) is 5.69 Å². The maximum atomic E-state index is 12.5. The smallest absolute Gasteiger partial charge is 0.244 e. The molecule has 3 N–H and O–H groups in total. The van der Waals surface area contributed by atoms with E-state index in [2.05, 4.69) is 0 Å². The van der Waals surface area contributed by atoms with Gasteiger partial charge in [-0.2, -0.15) is 4.31 Å². The third-order valence-corrected chi connectivity index (χ3v) is 5.66. The zero-order chi connectivity index (χ0) is 14.4. The van der Waals surface area contributed by atoms with Crippen molar-refractivity contribution >= 4 is 27.3 Å². The van der Waals surface area contributed by atoms with Gasteiger partial charge in [-0.25, -0.2) is 8.42 Å². The average molecular weight is 305 g/mol. The summed E-state index contributed by atoms with van der Waals surface area (Å²) in [5.41, 5.74) is 5.87. The molecule has 1 aromatic carbocycles. The number of aryl methyl sites for hydroxylation is 1. The number of nitrogen functional groups attached to an aromatic ring is 1. The van der Waals surface area contributed by atoms with E-state index in [-0.39, 0.29) is 23.0 Å². The summed E-state index contributed by atoms with van der Waals surface area (Å²) in [6, 6.07) is 2.91. The van der Waals surface area contributed by atoms with Gasteiger partial charge in [0.25, 0.3) is 0 Å². The van der Waals surface area contributed by atoms with Gasteiger partial charge < -0.3 is 10.8 Å². The molecule has 5 nitrogen and oxygen atoms in total. The Balaban J connectivity index is 2.44. The van der Waals surface area contributed by atoms with E-state index in [1.807, 2.05) is 0 Å². The predicted octanol–water partition coefficient (Wildman–Crippen LogP) is 1.38. The first-order chi connectivity index (χ1) is 8.63. The van der Waals surface area contributed by atoms with Crippen LogP contribution in [0.15, 0.2) is 17.0 Å². The van der Waals surface area contributed by atoms with Gasteiger partial charge in [0.05, 0.1) is 10.6 Å². The molecular formula is C12H17ClN2O3S. The van der Waals surface area contributed by atoms with E-state index >= 15 is 0 Å². The van der Waals surface area contributed by atoms with E-state index in [1.54, 1.807) is 13.8 Å². The Morgan fingerprint density at radius 3 is 2.63 bits per heavy atom. The fourth-order valence-corrected chi connectivity index (χ4v) is 4.26. The molecule has 1 atom stereocenters. The lowest BCUT2D eigenvalue weighted by Crippen LogP contribution is -2.34. The number of benzene rings is 1. The third-order valence-electron chi connectivity index (χ3n) is 3.36. The van der Waals surface area contributed by atoms with E-state index in [0.717, 1.165) is 5.56 Å². The monoisotopic (exact) mass is 304 g/mol. The molecule has 0 spiro atoms. The minimum absolute atomic E-state index is 0.00466. The normalized spacial score (nSPS) is 24.8. The molecule has 0 amide bonds. The summed E-state index contributed by atoms with van der Waals surface area (Å²) in [4.78, 5) is -0.00466. The van der Waals surface area contributed by atoms with Gasteiger partial charge in [0.2, 0.25) is 10.0 Å². The maximum Gasteiger partial charge on any atom is 0.244 e. The molecule has 0 saturated carbocycles. The van der Waals surface area contributed by atoms with Crippen molar-refractivity contribution in [2.75, 3.05) is 18.8 Å². The Kier molecular flexibility index (Phi) is 3.55. The summed E-state index contributed by atoms with van der Waals surface area (Å²) in [6.07, 6.45) is 0.408. The van der Waals surface area contributed by atoms with Crippen LogP contribution in [-0.4, -0.2) is 36.5 Å². The summed E-state index contributed by atoms with van der Waals surface area (Å²) in [5.74, 6) is 0. The van der Waals surface area contributed by atoms with Crippen molar-refractivity contribution in [1.82, 2.24) is 4.31 Å². The van der Waals surface area contributed by atoms with Crippen LogP contribution in [0, 0.1) is 6.92 Å². The molecule has 7 heteroatoms. The topological polar surface area (TPSA) is 83.6 Å². The summed E-state index contributed by atoms with van der Waals surface area (Å²) >= 11 is 6.01. The van der Waals surface area contributed by atoms with Crippen LogP contribution < -0.4 is 5.73 Å². The lowest BCUT2D eigenvalue weighted by Gasteiger charge is -2.20. The van der Waals surface area contributed by atoms with Gasteiger partial charge >= 0.3 is 0 Å². The minimum Gasteiger partial charge on any atom is -0.398 e. The number of halogens is 1. The Bertz CT molecular complexity index is 614. The van der Waals surface area contributed by atoms with Gasteiger partial charge in [0.15, 0.2) is 0 Å². The first-order valence-corrected chi connectivity index (χ1v) is 7.73. The van der Waals surface area contributed by atoms with Crippen LogP contribution in [-0.2, 0) is 10.0 Å². The number of rotatable bonds is 2. The SMILES string of the molecule is Cc1cc(Cl)c(S(=O)(=O)N2CCC(C)(O)C2)cc1N. The second-order valence-electron chi connectivity index (χ2n) is 5.22. The highest BCUT2D eigenvalue weighted by Gasteiger charge is 2.39. The predicted molar refractivity (Wildman–Crippen MR) is 74.6 cm³/mol. The highest BCUT2D eigenvalue weighted by atomic mass is 35.5. The van der Waals surface area contributed by atoms with Gasteiger partial charge in [-0.1, -0.05) is 11.6 Å². The Morgan fingerprint density at radius 1 is 1.47 bits per heavy atom. The Morgan fingerprint density at radius 2 is 2.11 bits per heavy atom. The average Bonchev–Trinajstić information content (AvgIpc) is 2.64. The number of hydrogen-bond donors (Lipinski definition) is 2. The first kappa shape index (κ1) is 14.6. The largest absolute Gasteiger partial charge is 0.398 e. The zero-order valence-corrected chi connectivity index (χ0v) is 12.4. The molecule has 1 unspecified atom stereocenters. The van der Waals surface area contributed by atoms with Gasteiger partial charge in [0, 0.05) is 18.8 Å². The van der Waals surface area contributed by atoms with Crippen LogP contribution in [0.3, 0.4) is 0 Å². The molecule has 2 rings (SSSR count). The minimum atomic E-state index is -3.72. The first-order valence-electron chi connectivity index (χ1n) is 5.92. The molecule has 1 aliphatic heterocycles. The molecule has 0 aliphatic carbocycles. The highest BCUT2D eigenvalue weighted by Crippen LogP contribution is 2.32. The maximum absolute atomic E-state index is 12.5. The number of sulfonamides is 1. The molecule has 1 saturated heterocycles. The van der Waals surface area contributed by atoms with Crippen LogP contribution in [0.25, 0.3) is 0 Å². The molecule has 0 radical (unpaired) electrons. The van der Waals surface area contributed by atoms with Gasteiger partial charge in [-0.05, 0) is 38.0 Å². The van der Waals surface area contributed by atoms with Gasteiger partial charge in [0.1, 0.15) is 4.90 Å². The van der Waals surface area contributed by atoms with Crippen molar-refractivity contribution in [3.63, 3.8) is 0 Å². The Hall–Kier alpha value is -0.820. The van der Waals surface area contributed by atoms with Crippen molar-refractivity contribution in [3.8, 4) is 0 Å². The third kappa shape index (κ3) is 2.72. The molecule has 0 aromatic heterocycles. The lowest BCUT2D eigenvalue weighted by molar-refractivity contribution is 0.0762. The summed E-state index contributed by atoms with van der Waals surface area (Å²) in [7, 11) is -3.72. The number of β-amino-alcohol motifs (C(OH)–C–C–N with tert-alkyl or cyclic N) is 1. The summed E-state index contributed by atoms with van der Waals surface area (Å²) < 4.78 is 26.2. The number of nitrogens with two attached hydrogens (primary N) is 1. The highest BCUT2D eigenvalue weighted by molar-refractivity contribution is 7.89. The standard InChI is InChI=1S/C12H17ClN2O3S/c1-8-5-9(13)11(6-10(8)14)19(17,18)15-4-3-12(2,16)7-15/h5-6,16H,3-4,7,14H2,1-2H3. The number of aliphatic hydroxyl groups is 1. The van der Waals surface area contributed by atoms with Crippen LogP contribution in [0.2, 0.25) is 5.02 Å². The summed E-state index contributed by atoms with van der Waals surface area (Å²) in [6.45, 7) is 3.73. The second-order valence-corrected chi connectivity index (χ2v) is 7.54. The number of nitrogens with zero attached hydrogens (tertiary/aromatic N) is 1. The van der Waals surface area contributed by atoms with E-state index in [9.17, 15) is 13.5 Å². The fourth-order valence-electron chi connectivity index (χ4n) is 2.11. The molecular weight excluding hydrogens is 288 g/mol. The Labute approximate surface area is 118 Å². The lowest BCUT2D eigenvalue weighted by atomic mass is 10.1. The second kappa shape index (κ2) is 4.63. The molecule has 1 aromatic rings. The van der Waals surface area contributed by atoms with Crippen molar-refractivity contribution in [2.45, 2.75) is 30.8 Å². The van der Waals surface area contributed by atoms with Crippen LogP contribution in [0.5, 0.6) is 0 Å². The van der Waals surface area contributed by atoms with Crippen LogP contribution in [0.1, 0.15) is 18.9 Å². The molecule has 19 heavy (non-hydrogen) atoms. The molecule has 1 fully saturated rings. The van der Waals surface area contributed by atoms with Crippen LogP contribution >= 0.6 is 11.6 Å². The molecule has 0 bridgehead atoms. The van der Waals surface area contributed by atoms with E-state index in [4.69, 9.17) is 17.3 Å². The van der Waals surface area contributed by atoms with E-state index in [1.165, 1.54) is 16.4 Å². The molecule has 1 heterocycles. The van der Waals surface area contributed by atoms with Crippen molar-refractivity contribution in [1.29, 1.82) is 0 Å². The molecule has 106 valence electrons. The summed E-state index contributed by atoms with van der Waals surface area (Å²) in [5, 5.41) is 10.0. The van der Waals surface area contributed by atoms with E-state index < -0.39 is 15.6 Å². The van der Waals surface area contributed by atoms with Crippen molar-refractivity contribution < 1.29 is 13.5 Å². The number of hydrogen-bond acceptors (Lipinski definition) is 4. The zero-order valence-electron chi connectivity index (χ0n) is 10.9. The van der Waals surface area contributed by atoms with E-state index in [0.29, 0.717) is 12.1 Å². The number of anilines is 1. The van der Waals surface area contributed by atoms with Gasteiger partial charge in [-0.3, -0.25) is 0 Å². The fraction of sp³-hybridized carbons (Fsp3) is 0.500. The molecule has 1 aliphatic rings. The van der Waals surface area contributed by atoms with Gasteiger partial charge in [-0.15, -0.1) is 0 Å². The van der Waals surface area contributed by atoms with Crippen molar-refractivity contribution in [2.24, 2.45) is 0 Å². The van der Waals surface area contributed by atoms with Crippen molar-refractivity contribution in [3.05, 3.63) is 22.7 Å².